The van der Waals surface area contributed by atoms with Crippen molar-refractivity contribution in [3.05, 3.63) is 42.5 Å². The molecular weight excluding hydrogens is 254 g/mol. The Morgan fingerprint density at radius 3 is 2.55 bits per heavy atom. The SMILES string of the molecule is C=CCNC(=O)c1ccc(NC(=O)[C@H](N)CCC)cc1. The lowest BCUT2D eigenvalue weighted by atomic mass is 10.1. The number of amides is 2. The normalized spacial score (nSPS) is 11.5. The summed E-state index contributed by atoms with van der Waals surface area (Å²) in [5, 5.41) is 5.40. The van der Waals surface area contributed by atoms with Gasteiger partial charge in [-0.25, -0.2) is 0 Å². The smallest absolute Gasteiger partial charge is 0.251 e. The van der Waals surface area contributed by atoms with Gasteiger partial charge in [0.2, 0.25) is 5.91 Å². The van der Waals surface area contributed by atoms with Gasteiger partial charge in [-0.2, -0.15) is 0 Å². The molecule has 1 aromatic carbocycles. The van der Waals surface area contributed by atoms with Crippen molar-refractivity contribution in [3.8, 4) is 0 Å². The maximum absolute atomic E-state index is 11.7. The van der Waals surface area contributed by atoms with Crippen LogP contribution in [-0.2, 0) is 4.79 Å². The van der Waals surface area contributed by atoms with Crippen molar-refractivity contribution in [2.75, 3.05) is 11.9 Å². The molecule has 0 spiro atoms. The predicted molar refractivity (Wildman–Crippen MR) is 80.5 cm³/mol. The van der Waals surface area contributed by atoms with Crippen LogP contribution in [-0.4, -0.2) is 24.4 Å². The van der Waals surface area contributed by atoms with Crippen LogP contribution in [0.5, 0.6) is 0 Å². The zero-order chi connectivity index (χ0) is 15.0. The predicted octanol–water partition coefficient (Wildman–Crippen LogP) is 1.67. The number of benzene rings is 1. The van der Waals surface area contributed by atoms with Crippen LogP contribution >= 0.6 is 0 Å². The van der Waals surface area contributed by atoms with Crippen LogP contribution in [0.2, 0.25) is 0 Å². The maximum atomic E-state index is 11.7. The third-order valence-corrected chi connectivity index (χ3v) is 2.76. The van der Waals surface area contributed by atoms with Gasteiger partial charge in [-0.05, 0) is 30.7 Å². The van der Waals surface area contributed by atoms with Crippen molar-refractivity contribution >= 4 is 17.5 Å². The van der Waals surface area contributed by atoms with Crippen LogP contribution in [0.1, 0.15) is 30.1 Å². The number of hydrogen-bond donors (Lipinski definition) is 3. The Kier molecular flexibility index (Phi) is 6.46. The van der Waals surface area contributed by atoms with Crippen LogP contribution in [0.3, 0.4) is 0 Å². The summed E-state index contributed by atoms with van der Waals surface area (Å²) in [5.74, 6) is -0.388. The van der Waals surface area contributed by atoms with Crippen LogP contribution in [0.15, 0.2) is 36.9 Å². The molecule has 5 heteroatoms. The lowest BCUT2D eigenvalue weighted by molar-refractivity contribution is -0.117. The molecule has 0 saturated carbocycles. The van der Waals surface area contributed by atoms with Gasteiger partial charge < -0.3 is 16.4 Å². The van der Waals surface area contributed by atoms with E-state index in [0.29, 0.717) is 24.2 Å². The monoisotopic (exact) mass is 275 g/mol. The second kappa shape index (κ2) is 8.12. The van der Waals surface area contributed by atoms with Gasteiger partial charge in [-0.3, -0.25) is 9.59 Å². The van der Waals surface area contributed by atoms with Gasteiger partial charge in [0.25, 0.3) is 5.91 Å². The van der Waals surface area contributed by atoms with Gasteiger partial charge in [0.1, 0.15) is 0 Å². The van der Waals surface area contributed by atoms with E-state index in [1.54, 1.807) is 30.3 Å². The molecule has 1 atom stereocenters. The molecule has 0 aromatic heterocycles. The third-order valence-electron chi connectivity index (χ3n) is 2.76. The minimum Gasteiger partial charge on any atom is -0.349 e. The van der Waals surface area contributed by atoms with E-state index in [0.717, 1.165) is 6.42 Å². The highest BCUT2D eigenvalue weighted by atomic mass is 16.2. The fraction of sp³-hybridized carbons (Fsp3) is 0.333. The van der Waals surface area contributed by atoms with Crippen molar-refractivity contribution in [2.45, 2.75) is 25.8 Å². The van der Waals surface area contributed by atoms with E-state index in [-0.39, 0.29) is 11.8 Å². The Bertz CT molecular complexity index is 469. The molecule has 5 nitrogen and oxygen atoms in total. The lowest BCUT2D eigenvalue weighted by Gasteiger charge is -2.11. The van der Waals surface area contributed by atoms with E-state index < -0.39 is 6.04 Å². The first kappa shape index (κ1) is 15.9. The van der Waals surface area contributed by atoms with E-state index in [1.807, 2.05) is 6.92 Å². The van der Waals surface area contributed by atoms with Gasteiger partial charge in [0.15, 0.2) is 0 Å². The van der Waals surface area contributed by atoms with Crippen molar-refractivity contribution < 1.29 is 9.59 Å². The summed E-state index contributed by atoms with van der Waals surface area (Å²) in [7, 11) is 0. The largest absolute Gasteiger partial charge is 0.349 e. The minimum absolute atomic E-state index is 0.175. The summed E-state index contributed by atoms with van der Waals surface area (Å²) >= 11 is 0. The molecule has 108 valence electrons. The average Bonchev–Trinajstić information content (AvgIpc) is 2.45. The fourth-order valence-corrected chi connectivity index (χ4v) is 1.65. The Morgan fingerprint density at radius 2 is 2.00 bits per heavy atom. The van der Waals surface area contributed by atoms with Crippen LogP contribution in [0.4, 0.5) is 5.69 Å². The van der Waals surface area contributed by atoms with Crippen molar-refractivity contribution in [1.82, 2.24) is 5.32 Å². The van der Waals surface area contributed by atoms with Gasteiger partial charge in [0.05, 0.1) is 6.04 Å². The maximum Gasteiger partial charge on any atom is 0.251 e. The molecule has 1 aromatic rings. The summed E-state index contributed by atoms with van der Waals surface area (Å²) in [4.78, 5) is 23.4. The zero-order valence-electron chi connectivity index (χ0n) is 11.7. The number of nitrogens with two attached hydrogens (primary N) is 1. The Morgan fingerprint density at radius 1 is 1.35 bits per heavy atom. The molecule has 4 N–H and O–H groups in total. The molecule has 0 bridgehead atoms. The summed E-state index contributed by atoms with van der Waals surface area (Å²) < 4.78 is 0. The molecule has 0 aliphatic heterocycles. The highest BCUT2D eigenvalue weighted by molar-refractivity contribution is 5.97. The summed E-state index contributed by atoms with van der Waals surface area (Å²) in [6, 6.07) is 6.16. The van der Waals surface area contributed by atoms with E-state index in [1.165, 1.54) is 0 Å². The number of nitrogens with one attached hydrogen (secondary N) is 2. The van der Waals surface area contributed by atoms with Gasteiger partial charge in [0, 0.05) is 17.8 Å². The summed E-state index contributed by atoms with van der Waals surface area (Å²) in [6.07, 6.45) is 3.12. The van der Waals surface area contributed by atoms with Crippen LogP contribution < -0.4 is 16.4 Å². The van der Waals surface area contributed by atoms with Crippen molar-refractivity contribution in [1.29, 1.82) is 0 Å². The number of carbonyl (C=O) groups excluding carboxylic acids is 2. The molecule has 0 aliphatic carbocycles. The Hall–Kier alpha value is -2.14. The van der Waals surface area contributed by atoms with Crippen molar-refractivity contribution in [2.24, 2.45) is 5.73 Å². The third kappa shape index (κ3) is 4.85. The lowest BCUT2D eigenvalue weighted by Crippen LogP contribution is -2.35. The number of carbonyl (C=O) groups is 2. The topological polar surface area (TPSA) is 84.2 Å². The van der Waals surface area contributed by atoms with Gasteiger partial charge in [-0.1, -0.05) is 19.4 Å². The molecule has 0 unspecified atom stereocenters. The zero-order valence-corrected chi connectivity index (χ0v) is 11.7. The first-order valence-electron chi connectivity index (χ1n) is 6.64. The quantitative estimate of drug-likeness (QED) is 0.662. The Labute approximate surface area is 119 Å². The van der Waals surface area contributed by atoms with E-state index >= 15 is 0 Å². The molecule has 20 heavy (non-hydrogen) atoms. The number of anilines is 1. The molecule has 0 aliphatic rings. The summed E-state index contributed by atoms with van der Waals surface area (Å²) in [5.41, 5.74) is 6.88. The molecule has 0 saturated heterocycles. The van der Waals surface area contributed by atoms with Gasteiger partial charge >= 0.3 is 0 Å². The van der Waals surface area contributed by atoms with E-state index in [2.05, 4.69) is 17.2 Å². The number of hydrogen-bond acceptors (Lipinski definition) is 3. The average molecular weight is 275 g/mol. The number of rotatable bonds is 7. The second-order valence-corrected chi connectivity index (χ2v) is 4.46. The van der Waals surface area contributed by atoms with Crippen molar-refractivity contribution in [3.63, 3.8) is 0 Å². The van der Waals surface area contributed by atoms with Crippen LogP contribution in [0, 0.1) is 0 Å². The Balaban J connectivity index is 2.60. The van der Waals surface area contributed by atoms with E-state index in [4.69, 9.17) is 5.73 Å². The molecular formula is C15H21N3O2. The van der Waals surface area contributed by atoms with E-state index in [9.17, 15) is 9.59 Å². The van der Waals surface area contributed by atoms with Crippen LogP contribution in [0.25, 0.3) is 0 Å². The minimum atomic E-state index is -0.504. The second-order valence-electron chi connectivity index (χ2n) is 4.46. The highest BCUT2D eigenvalue weighted by Gasteiger charge is 2.12. The summed E-state index contributed by atoms with van der Waals surface area (Å²) in [6.45, 7) is 5.93. The fourth-order valence-electron chi connectivity index (χ4n) is 1.65. The van der Waals surface area contributed by atoms with Gasteiger partial charge in [-0.15, -0.1) is 6.58 Å². The standard InChI is InChI=1S/C15H21N3O2/c1-3-5-13(16)15(20)18-12-8-6-11(7-9-12)14(19)17-10-4-2/h4,6-9,13H,2-3,5,10,16H2,1H3,(H,17,19)(H,18,20)/t13-/m1/s1. The molecule has 1 rings (SSSR count). The first-order valence-corrected chi connectivity index (χ1v) is 6.64. The molecule has 0 fully saturated rings. The molecule has 0 radical (unpaired) electrons. The highest BCUT2D eigenvalue weighted by Crippen LogP contribution is 2.10. The first-order chi connectivity index (χ1) is 9.58. The molecule has 0 heterocycles. The molecule has 2 amide bonds.